The zero-order chi connectivity index (χ0) is 21.0. The van der Waals surface area contributed by atoms with Crippen molar-refractivity contribution in [1.29, 1.82) is 0 Å². The summed E-state index contributed by atoms with van der Waals surface area (Å²) in [5.41, 5.74) is 0.761. The van der Waals surface area contributed by atoms with E-state index in [4.69, 9.17) is 4.42 Å². The molecule has 3 aromatic rings. The molecule has 0 saturated heterocycles. The minimum absolute atomic E-state index is 0.112. The number of benzene rings is 2. The Morgan fingerprint density at radius 1 is 1.07 bits per heavy atom. The first-order valence-electron chi connectivity index (χ1n) is 8.83. The second kappa shape index (κ2) is 8.57. The number of rotatable bonds is 7. The number of carbonyl (C=O) groups excluding carboxylic acids is 1. The lowest BCUT2D eigenvalue weighted by Crippen LogP contribution is -2.32. The third-order valence-electron chi connectivity index (χ3n) is 4.36. The molecule has 29 heavy (non-hydrogen) atoms. The van der Waals surface area contributed by atoms with E-state index in [-0.39, 0.29) is 23.5 Å². The second-order valence-corrected chi connectivity index (χ2v) is 8.65. The van der Waals surface area contributed by atoms with Gasteiger partial charge in [0.2, 0.25) is 5.91 Å². The first-order chi connectivity index (χ1) is 13.8. The minimum Gasteiger partial charge on any atom is -0.467 e. The van der Waals surface area contributed by atoms with Crippen molar-refractivity contribution in [3.8, 4) is 0 Å². The maximum Gasteiger partial charge on any atom is 0.228 e. The van der Waals surface area contributed by atoms with Crippen LogP contribution in [0.5, 0.6) is 0 Å². The molecule has 1 amide bonds. The lowest BCUT2D eigenvalue weighted by Gasteiger charge is -2.22. The van der Waals surface area contributed by atoms with Crippen molar-refractivity contribution in [2.24, 2.45) is 0 Å². The number of hydrogen-bond acceptors (Lipinski definition) is 4. The van der Waals surface area contributed by atoms with Crippen molar-refractivity contribution in [2.75, 3.05) is 10.7 Å². The van der Waals surface area contributed by atoms with Crippen LogP contribution in [0.2, 0.25) is 0 Å². The Morgan fingerprint density at radius 3 is 2.41 bits per heavy atom. The molecule has 0 unspecified atom stereocenters. The Bertz CT molecular complexity index is 1090. The van der Waals surface area contributed by atoms with E-state index in [0.717, 1.165) is 22.6 Å². The fraction of sp³-hybridized carbons (Fsp3) is 0.190. The average molecular weight is 419 g/mol. The van der Waals surface area contributed by atoms with Crippen LogP contribution in [0.4, 0.5) is 14.5 Å². The quantitative estimate of drug-likeness (QED) is 0.574. The summed E-state index contributed by atoms with van der Waals surface area (Å²) in [7, 11) is -3.69. The predicted octanol–water partition coefficient (Wildman–Crippen LogP) is 4.26. The van der Waals surface area contributed by atoms with Crippen molar-refractivity contribution < 1.29 is 26.4 Å². The number of nitrogens with zero attached hydrogens (tertiary/aromatic N) is 1. The molecule has 8 heteroatoms. The molecule has 5 nitrogen and oxygen atoms in total. The van der Waals surface area contributed by atoms with E-state index in [2.05, 4.69) is 0 Å². The molecule has 152 valence electrons. The van der Waals surface area contributed by atoms with E-state index in [1.807, 2.05) is 6.92 Å². The SMILES string of the molecule is Cc1ccc(S(=O)(=O)CCC(=O)N(Cc2ccco2)c2ccc(F)cc2F)cc1. The highest BCUT2D eigenvalue weighted by Gasteiger charge is 2.24. The van der Waals surface area contributed by atoms with Gasteiger partial charge in [-0.1, -0.05) is 17.7 Å². The van der Waals surface area contributed by atoms with Gasteiger partial charge in [-0.05, 0) is 43.3 Å². The number of anilines is 1. The highest BCUT2D eigenvalue weighted by atomic mass is 32.2. The van der Waals surface area contributed by atoms with Crippen LogP contribution in [-0.2, 0) is 21.2 Å². The van der Waals surface area contributed by atoms with E-state index < -0.39 is 33.1 Å². The van der Waals surface area contributed by atoms with Crippen LogP contribution in [-0.4, -0.2) is 20.1 Å². The molecule has 1 heterocycles. The molecule has 0 fully saturated rings. The van der Waals surface area contributed by atoms with Gasteiger partial charge >= 0.3 is 0 Å². The molecule has 0 bridgehead atoms. The Labute approximate surface area is 167 Å². The van der Waals surface area contributed by atoms with Gasteiger partial charge in [-0.2, -0.15) is 0 Å². The predicted molar refractivity (Wildman–Crippen MR) is 104 cm³/mol. The van der Waals surface area contributed by atoms with Gasteiger partial charge in [-0.3, -0.25) is 4.79 Å². The molecular formula is C21H19F2NO4S. The lowest BCUT2D eigenvalue weighted by molar-refractivity contribution is -0.118. The van der Waals surface area contributed by atoms with Crippen molar-refractivity contribution in [2.45, 2.75) is 24.8 Å². The van der Waals surface area contributed by atoms with Crippen LogP contribution in [0.3, 0.4) is 0 Å². The summed E-state index contributed by atoms with van der Waals surface area (Å²) in [6, 6.07) is 12.4. The first kappa shape index (κ1) is 20.7. The summed E-state index contributed by atoms with van der Waals surface area (Å²) in [5, 5.41) is 0. The van der Waals surface area contributed by atoms with Gasteiger partial charge in [0, 0.05) is 12.5 Å². The van der Waals surface area contributed by atoms with Gasteiger partial charge in [-0.25, -0.2) is 17.2 Å². The molecule has 1 aromatic heterocycles. The highest BCUT2D eigenvalue weighted by molar-refractivity contribution is 7.91. The molecule has 0 saturated carbocycles. The van der Waals surface area contributed by atoms with Crippen LogP contribution in [0.1, 0.15) is 17.7 Å². The summed E-state index contributed by atoms with van der Waals surface area (Å²) in [5.74, 6) is -2.39. The Balaban J connectivity index is 1.81. The molecule has 0 aliphatic heterocycles. The zero-order valence-corrected chi connectivity index (χ0v) is 16.5. The van der Waals surface area contributed by atoms with Gasteiger partial charge in [0.1, 0.15) is 17.4 Å². The van der Waals surface area contributed by atoms with E-state index in [1.54, 1.807) is 24.3 Å². The van der Waals surface area contributed by atoms with Crippen molar-refractivity contribution in [1.82, 2.24) is 0 Å². The van der Waals surface area contributed by atoms with Gasteiger partial charge < -0.3 is 9.32 Å². The molecule has 2 aromatic carbocycles. The molecule has 0 aliphatic carbocycles. The van der Waals surface area contributed by atoms with E-state index in [9.17, 15) is 22.0 Å². The van der Waals surface area contributed by atoms with E-state index in [1.165, 1.54) is 18.4 Å². The monoisotopic (exact) mass is 419 g/mol. The summed E-state index contributed by atoms with van der Waals surface area (Å²) in [4.78, 5) is 14.0. The second-order valence-electron chi connectivity index (χ2n) is 6.54. The van der Waals surface area contributed by atoms with Crippen LogP contribution >= 0.6 is 0 Å². The number of amides is 1. The van der Waals surface area contributed by atoms with E-state index >= 15 is 0 Å². The van der Waals surface area contributed by atoms with Crippen molar-refractivity contribution in [3.05, 3.63) is 83.8 Å². The zero-order valence-electron chi connectivity index (χ0n) is 15.6. The molecule has 0 atom stereocenters. The third kappa shape index (κ3) is 5.08. The lowest BCUT2D eigenvalue weighted by atomic mass is 10.2. The standard InChI is InChI=1S/C21H19F2NO4S/c1-15-4-7-18(8-5-15)29(26,27)12-10-21(25)24(14-17-3-2-11-28-17)20-9-6-16(22)13-19(20)23/h2-9,11,13H,10,12,14H2,1H3. The Hall–Kier alpha value is -3.00. The average Bonchev–Trinajstić information content (AvgIpc) is 3.18. The third-order valence-corrected chi connectivity index (χ3v) is 6.09. The summed E-state index contributed by atoms with van der Waals surface area (Å²) < 4.78 is 57.8. The molecular weight excluding hydrogens is 400 g/mol. The fourth-order valence-corrected chi connectivity index (χ4v) is 4.02. The number of carbonyl (C=O) groups is 1. The normalized spacial score (nSPS) is 11.4. The van der Waals surface area contributed by atoms with Crippen LogP contribution in [0.15, 0.2) is 70.2 Å². The van der Waals surface area contributed by atoms with Crippen LogP contribution < -0.4 is 4.90 Å². The van der Waals surface area contributed by atoms with Gasteiger partial charge in [0.25, 0.3) is 0 Å². The number of halogens is 2. The topological polar surface area (TPSA) is 67.6 Å². The highest BCUT2D eigenvalue weighted by Crippen LogP contribution is 2.24. The van der Waals surface area contributed by atoms with Crippen LogP contribution in [0.25, 0.3) is 0 Å². The Kier molecular flexibility index (Phi) is 6.12. The molecule has 0 aliphatic rings. The largest absolute Gasteiger partial charge is 0.467 e. The Morgan fingerprint density at radius 2 is 1.79 bits per heavy atom. The van der Waals surface area contributed by atoms with Crippen LogP contribution in [0, 0.1) is 18.6 Å². The summed E-state index contributed by atoms with van der Waals surface area (Å²) in [6.45, 7) is 1.72. The molecule has 0 N–H and O–H groups in total. The molecule has 0 radical (unpaired) electrons. The van der Waals surface area contributed by atoms with E-state index in [0.29, 0.717) is 11.8 Å². The van der Waals surface area contributed by atoms with Crippen molar-refractivity contribution in [3.63, 3.8) is 0 Å². The smallest absolute Gasteiger partial charge is 0.228 e. The van der Waals surface area contributed by atoms with Gasteiger partial charge in [0.05, 0.1) is 29.1 Å². The number of aryl methyl sites for hydroxylation is 1. The van der Waals surface area contributed by atoms with Crippen molar-refractivity contribution >= 4 is 21.4 Å². The minimum atomic E-state index is -3.69. The van der Waals surface area contributed by atoms with Gasteiger partial charge in [0.15, 0.2) is 9.84 Å². The maximum atomic E-state index is 14.3. The number of sulfone groups is 1. The first-order valence-corrected chi connectivity index (χ1v) is 10.5. The maximum absolute atomic E-state index is 14.3. The molecule has 0 spiro atoms. The number of furan rings is 1. The van der Waals surface area contributed by atoms with Gasteiger partial charge in [-0.15, -0.1) is 0 Å². The number of hydrogen-bond donors (Lipinski definition) is 0. The molecule has 3 rings (SSSR count). The fourth-order valence-electron chi connectivity index (χ4n) is 2.79. The summed E-state index contributed by atoms with van der Waals surface area (Å²) in [6.07, 6.45) is 1.04. The summed E-state index contributed by atoms with van der Waals surface area (Å²) >= 11 is 0.